The highest BCUT2D eigenvalue weighted by Crippen LogP contribution is 2.38. The van der Waals surface area contributed by atoms with E-state index >= 15 is 0 Å². The first kappa shape index (κ1) is 11.1. The smallest absolute Gasteiger partial charge is 0.138 e. The van der Waals surface area contributed by atoms with Gasteiger partial charge >= 0.3 is 0 Å². The zero-order valence-electron chi connectivity index (χ0n) is 9.39. The van der Waals surface area contributed by atoms with Crippen LogP contribution < -0.4 is 0 Å². The molecule has 0 bridgehead atoms. The molecule has 2 heteroatoms. The lowest BCUT2D eigenvalue weighted by Gasteiger charge is -2.33. The first-order valence-electron chi connectivity index (χ1n) is 6.15. The normalized spacial score (nSPS) is 42.5. The predicted octanol–water partition coefficient (Wildman–Crippen LogP) is 4.21. The van der Waals surface area contributed by atoms with Crippen molar-refractivity contribution in [2.24, 2.45) is 11.8 Å². The molecule has 0 amide bonds. The molecule has 1 saturated carbocycles. The van der Waals surface area contributed by atoms with E-state index in [9.17, 15) is 8.78 Å². The fraction of sp³-hybridized carbons (Fsp3) is 0.846. The second-order valence-electron chi connectivity index (χ2n) is 5.16. The van der Waals surface area contributed by atoms with Crippen molar-refractivity contribution >= 4 is 0 Å². The molecule has 4 unspecified atom stereocenters. The van der Waals surface area contributed by atoms with E-state index in [0.29, 0.717) is 6.42 Å². The molecule has 0 aliphatic heterocycles. The van der Waals surface area contributed by atoms with Crippen molar-refractivity contribution in [1.29, 1.82) is 0 Å². The highest BCUT2D eigenvalue weighted by atomic mass is 19.2. The van der Waals surface area contributed by atoms with Gasteiger partial charge in [0.15, 0.2) is 0 Å². The Morgan fingerprint density at radius 3 is 2.67 bits per heavy atom. The van der Waals surface area contributed by atoms with Crippen molar-refractivity contribution in [2.75, 3.05) is 0 Å². The molecule has 1 fully saturated rings. The quantitative estimate of drug-likeness (QED) is 0.574. The van der Waals surface area contributed by atoms with Crippen LogP contribution in [0.1, 0.15) is 45.4 Å². The number of alkyl halides is 2. The van der Waals surface area contributed by atoms with E-state index in [1.807, 2.05) is 0 Å². The summed E-state index contributed by atoms with van der Waals surface area (Å²) in [5.74, 6) is 0.609. The summed E-state index contributed by atoms with van der Waals surface area (Å²) < 4.78 is 27.0. The molecule has 2 aliphatic carbocycles. The fourth-order valence-electron chi connectivity index (χ4n) is 2.82. The third kappa shape index (κ3) is 2.40. The van der Waals surface area contributed by atoms with Crippen molar-refractivity contribution in [3.8, 4) is 0 Å². The number of hydrogen-bond acceptors (Lipinski definition) is 0. The average molecular weight is 214 g/mol. The molecule has 0 aromatic heterocycles. The zero-order chi connectivity index (χ0) is 10.8. The van der Waals surface area contributed by atoms with Gasteiger partial charge in [0.25, 0.3) is 0 Å². The average Bonchev–Trinajstić information content (AvgIpc) is 2.24. The first-order chi connectivity index (χ1) is 7.18. The summed E-state index contributed by atoms with van der Waals surface area (Å²) in [5.41, 5.74) is 1.20. The largest absolute Gasteiger partial charge is 0.244 e. The Kier molecular flexibility index (Phi) is 3.42. The van der Waals surface area contributed by atoms with Gasteiger partial charge in [0.1, 0.15) is 12.3 Å². The second kappa shape index (κ2) is 4.63. The van der Waals surface area contributed by atoms with Crippen LogP contribution in [-0.2, 0) is 0 Å². The van der Waals surface area contributed by atoms with Crippen LogP contribution >= 0.6 is 0 Å². The minimum Gasteiger partial charge on any atom is -0.244 e. The molecule has 0 heterocycles. The van der Waals surface area contributed by atoms with Gasteiger partial charge in [-0.2, -0.15) is 0 Å². The van der Waals surface area contributed by atoms with Crippen LogP contribution in [0.4, 0.5) is 8.78 Å². The second-order valence-corrected chi connectivity index (χ2v) is 5.16. The molecule has 86 valence electrons. The van der Waals surface area contributed by atoms with E-state index in [1.165, 1.54) is 5.57 Å². The van der Waals surface area contributed by atoms with Gasteiger partial charge in [-0.25, -0.2) is 8.78 Å². The van der Waals surface area contributed by atoms with E-state index in [2.05, 4.69) is 13.0 Å². The van der Waals surface area contributed by atoms with E-state index in [1.54, 1.807) is 0 Å². The molecule has 0 aromatic carbocycles. The van der Waals surface area contributed by atoms with Gasteiger partial charge in [-0.3, -0.25) is 0 Å². The van der Waals surface area contributed by atoms with Gasteiger partial charge in [-0.15, -0.1) is 0 Å². The molecular formula is C13H20F2. The Bertz CT molecular complexity index is 247. The van der Waals surface area contributed by atoms with Crippen LogP contribution in [0.5, 0.6) is 0 Å². The summed E-state index contributed by atoms with van der Waals surface area (Å²) in [7, 11) is 0. The van der Waals surface area contributed by atoms with E-state index in [0.717, 1.165) is 38.0 Å². The Morgan fingerprint density at radius 1 is 1.20 bits per heavy atom. The number of hydrogen-bond donors (Lipinski definition) is 0. The standard InChI is InChI=1S/C13H20F2/c1-9-5-7-10(8-6-9)11-3-2-4-12(14)13(11)15/h7,9,11-13H,2-6,8H2,1H3. The van der Waals surface area contributed by atoms with Crippen LogP contribution in [0.15, 0.2) is 11.6 Å². The molecule has 0 saturated heterocycles. The number of halogens is 2. The van der Waals surface area contributed by atoms with Crippen LogP contribution in [0, 0.1) is 11.8 Å². The Balaban J connectivity index is 2.03. The monoisotopic (exact) mass is 214 g/mol. The Morgan fingerprint density at radius 2 is 2.00 bits per heavy atom. The van der Waals surface area contributed by atoms with Gasteiger partial charge in [0.05, 0.1) is 0 Å². The van der Waals surface area contributed by atoms with Crippen molar-refractivity contribution in [1.82, 2.24) is 0 Å². The third-order valence-electron chi connectivity index (χ3n) is 3.91. The number of allylic oxidation sites excluding steroid dienone is 2. The molecule has 0 nitrogen and oxygen atoms in total. The van der Waals surface area contributed by atoms with Crippen molar-refractivity contribution in [2.45, 2.75) is 57.8 Å². The summed E-state index contributed by atoms with van der Waals surface area (Å²) in [6.45, 7) is 2.22. The Labute approximate surface area is 90.7 Å². The lowest BCUT2D eigenvalue weighted by atomic mass is 9.76. The predicted molar refractivity (Wildman–Crippen MR) is 58.2 cm³/mol. The third-order valence-corrected chi connectivity index (χ3v) is 3.91. The zero-order valence-corrected chi connectivity index (χ0v) is 9.39. The first-order valence-corrected chi connectivity index (χ1v) is 6.15. The van der Waals surface area contributed by atoms with Crippen LogP contribution in [0.2, 0.25) is 0 Å². The van der Waals surface area contributed by atoms with Crippen molar-refractivity contribution in [3.05, 3.63) is 11.6 Å². The number of rotatable bonds is 1. The van der Waals surface area contributed by atoms with Gasteiger partial charge < -0.3 is 0 Å². The van der Waals surface area contributed by atoms with Gasteiger partial charge in [-0.05, 0) is 44.4 Å². The summed E-state index contributed by atoms with van der Waals surface area (Å²) >= 11 is 0. The van der Waals surface area contributed by atoms with Gasteiger partial charge in [-0.1, -0.05) is 18.6 Å². The summed E-state index contributed by atoms with van der Waals surface area (Å²) in [5, 5.41) is 0. The van der Waals surface area contributed by atoms with Crippen LogP contribution in [0.3, 0.4) is 0 Å². The van der Waals surface area contributed by atoms with E-state index < -0.39 is 12.3 Å². The topological polar surface area (TPSA) is 0 Å². The molecule has 0 N–H and O–H groups in total. The maximum absolute atomic E-state index is 13.7. The maximum Gasteiger partial charge on any atom is 0.138 e. The molecule has 4 atom stereocenters. The van der Waals surface area contributed by atoms with Crippen molar-refractivity contribution in [3.63, 3.8) is 0 Å². The molecule has 2 rings (SSSR count). The molecule has 0 aromatic rings. The summed E-state index contributed by atoms with van der Waals surface area (Å²) in [4.78, 5) is 0. The molecule has 15 heavy (non-hydrogen) atoms. The van der Waals surface area contributed by atoms with Crippen molar-refractivity contribution < 1.29 is 8.78 Å². The van der Waals surface area contributed by atoms with E-state index in [4.69, 9.17) is 0 Å². The Hall–Kier alpha value is -0.400. The molecule has 0 radical (unpaired) electrons. The SMILES string of the molecule is CC1CC=C(C2CCCC(F)C2F)CC1. The van der Waals surface area contributed by atoms with Crippen LogP contribution in [0.25, 0.3) is 0 Å². The molecule has 2 aliphatic rings. The lowest BCUT2D eigenvalue weighted by molar-refractivity contribution is 0.0797. The minimum atomic E-state index is -1.24. The fourth-order valence-corrected chi connectivity index (χ4v) is 2.82. The summed E-state index contributed by atoms with van der Waals surface area (Å²) in [6.07, 6.45) is 5.01. The minimum absolute atomic E-state index is 0.110. The highest BCUT2D eigenvalue weighted by molar-refractivity contribution is 5.13. The van der Waals surface area contributed by atoms with Gasteiger partial charge in [0.2, 0.25) is 0 Å². The van der Waals surface area contributed by atoms with Crippen LogP contribution in [-0.4, -0.2) is 12.3 Å². The van der Waals surface area contributed by atoms with Gasteiger partial charge in [0, 0.05) is 5.92 Å². The molecular weight excluding hydrogens is 194 g/mol. The lowest BCUT2D eigenvalue weighted by Crippen LogP contribution is -2.33. The molecule has 0 spiro atoms. The highest BCUT2D eigenvalue weighted by Gasteiger charge is 2.35. The van der Waals surface area contributed by atoms with E-state index in [-0.39, 0.29) is 5.92 Å². The maximum atomic E-state index is 13.7. The summed E-state index contributed by atoms with van der Waals surface area (Å²) in [6, 6.07) is 0.